The highest BCUT2D eigenvalue weighted by atomic mass is 35.5. The number of nitrogens with one attached hydrogen (secondary N) is 4. The van der Waals surface area contributed by atoms with Crippen molar-refractivity contribution in [2.75, 3.05) is 55.2 Å². The van der Waals surface area contributed by atoms with Gasteiger partial charge in [0.05, 0.1) is 19.3 Å². The summed E-state index contributed by atoms with van der Waals surface area (Å²) in [5.74, 6) is 0.142. The lowest BCUT2D eigenvalue weighted by Gasteiger charge is -2.33. The molecule has 12 nitrogen and oxygen atoms in total. The van der Waals surface area contributed by atoms with Gasteiger partial charge in [0.25, 0.3) is 5.91 Å². The number of phenols is 1. The third-order valence-corrected chi connectivity index (χ3v) is 7.58. The number of nitrogens with zero attached hydrogens (tertiary/aromatic N) is 3. The lowest BCUT2D eigenvalue weighted by atomic mass is 10.2. The summed E-state index contributed by atoms with van der Waals surface area (Å²) < 4.78 is 5.80. The Hall–Kier alpha value is -4.85. The highest BCUT2D eigenvalue weighted by Gasteiger charge is 2.20. The second-order valence-electron chi connectivity index (χ2n) is 11.1. The monoisotopic (exact) mass is 741 g/mol. The minimum Gasteiger partial charge on any atom is -0.507 e. The Labute approximate surface area is 307 Å². The molecule has 1 aliphatic heterocycles. The van der Waals surface area contributed by atoms with E-state index in [4.69, 9.17) is 16.3 Å². The summed E-state index contributed by atoms with van der Waals surface area (Å²) in [7, 11) is 0. The van der Waals surface area contributed by atoms with Crippen LogP contribution in [-0.4, -0.2) is 78.2 Å². The smallest absolute Gasteiger partial charge is 0.323 e. The molecule has 0 spiro atoms. The van der Waals surface area contributed by atoms with Gasteiger partial charge in [0.2, 0.25) is 5.91 Å². The number of hydrogen-bond acceptors (Lipinski definition) is 8. The molecule has 1 saturated heterocycles. The van der Waals surface area contributed by atoms with Gasteiger partial charge in [-0.15, -0.1) is 24.8 Å². The number of aromatic hydroxyl groups is 1. The Bertz CT molecular complexity index is 1740. The average molecular weight is 743 g/mol. The van der Waals surface area contributed by atoms with Gasteiger partial charge in [0, 0.05) is 53.8 Å². The molecule has 264 valence electrons. The molecule has 5 rings (SSSR count). The van der Waals surface area contributed by atoms with E-state index >= 15 is 0 Å². The van der Waals surface area contributed by atoms with Crippen molar-refractivity contribution in [1.82, 2.24) is 15.2 Å². The molecule has 15 heteroatoms. The molecule has 4 aromatic carbocycles. The molecule has 4 aromatic rings. The highest BCUT2D eigenvalue weighted by molar-refractivity contribution is 6.30. The fourth-order valence-corrected chi connectivity index (χ4v) is 5.07. The number of hydrogen-bond donors (Lipinski definition) is 5. The zero-order valence-corrected chi connectivity index (χ0v) is 29.3. The van der Waals surface area contributed by atoms with Crippen LogP contribution >= 0.6 is 36.4 Å². The van der Waals surface area contributed by atoms with Crippen molar-refractivity contribution >= 4 is 77.5 Å². The molecule has 0 bridgehead atoms. The SMILES string of the molecule is Cl.Cl.O=C(CN1CCN(CC(=O)Nc2ccc(NC(=O)Nc3cccc(Cl)c3)cc2)CC1)N/N=C/c1cc(OCc2ccccc2)ccc1O. The zero-order valence-electron chi connectivity index (χ0n) is 26.9. The summed E-state index contributed by atoms with van der Waals surface area (Å²) in [6.45, 7) is 3.23. The molecule has 0 aromatic heterocycles. The highest BCUT2D eigenvalue weighted by Crippen LogP contribution is 2.22. The molecule has 1 aliphatic rings. The number of carbonyl (C=O) groups is 3. The lowest BCUT2D eigenvalue weighted by molar-refractivity contribution is -0.123. The van der Waals surface area contributed by atoms with Crippen LogP contribution in [0, 0.1) is 0 Å². The second kappa shape index (κ2) is 20.0. The number of phenolic OH excluding ortho intramolecular Hbond substituents is 1. The molecule has 0 unspecified atom stereocenters. The van der Waals surface area contributed by atoms with Gasteiger partial charge in [-0.3, -0.25) is 19.4 Å². The summed E-state index contributed by atoms with van der Waals surface area (Å²) in [5, 5.41) is 23.0. The Balaban J connectivity index is 0.00000338. The van der Waals surface area contributed by atoms with Gasteiger partial charge in [-0.05, 0) is 66.2 Å². The van der Waals surface area contributed by atoms with Crippen molar-refractivity contribution < 1.29 is 24.2 Å². The van der Waals surface area contributed by atoms with E-state index in [0.717, 1.165) is 5.56 Å². The number of hydrazone groups is 1. The van der Waals surface area contributed by atoms with Crippen molar-refractivity contribution in [3.8, 4) is 11.5 Å². The number of urea groups is 1. The second-order valence-corrected chi connectivity index (χ2v) is 11.5. The number of carbonyl (C=O) groups excluding carboxylic acids is 3. The van der Waals surface area contributed by atoms with E-state index in [1.807, 2.05) is 40.1 Å². The molecule has 4 amide bonds. The maximum atomic E-state index is 12.7. The van der Waals surface area contributed by atoms with Crippen LogP contribution in [0.3, 0.4) is 0 Å². The first kappa shape index (κ1) is 39.6. The van der Waals surface area contributed by atoms with Gasteiger partial charge in [0.1, 0.15) is 18.1 Å². The lowest BCUT2D eigenvalue weighted by Crippen LogP contribution is -2.50. The maximum Gasteiger partial charge on any atom is 0.323 e. The minimum absolute atomic E-state index is 0. The van der Waals surface area contributed by atoms with Crippen LogP contribution in [0.25, 0.3) is 0 Å². The molecule has 1 heterocycles. The van der Waals surface area contributed by atoms with Gasteiger partial charge in [-0.25, -0.2) is 10.2 Å². The predicted octanol–water partition coefficient (Wildman–Crippen LogP) is 5.82. The topological polar surface area (TPSA) is 148 Å². The molecule has 1 fully saturated rings. The summed E-state index contributed by atoms with van der Waals surface area (Å²) in [6, 6.07) is 27.8. The third-order valence-electron chi connectivity index (χ3n) is 7.35. The molecule has 0 atom stereocenters. The van der Waals surface area contributed by atoms with E-state index in [1.165, 1.54) is 12.3 Å². The number of benzene rings is 4. The summed E-state index contributed by atoms with van der Waals surface area (Å²) in [5.41, 5.74) is 5.69. The number of halogens is 3. The Morgan fingerprint density at radius 1 is 0.740 bits per heavy atom. The number of ether oxygens (including phenoxy) is 1. The first-order chi connectivity index (χ1) is 23.3. The number of piperazine rings is 1. The summed E-state index contributed by atoms with van der Waals surface area (Å²) in [6.07, 6.45) is 1.38. The van der Waals surface area contributed by atoms with E-state index in [2.05, 4.69) is 26.5 Å². The standard InChI is InChI=1S/C35H36ClN7O5.2ClH/c36-27-7-4-8-30(20-27)40-35(47)39-29-11-9-28(10-12-29)38-33(45)22-42-15-17-43(18-16-42)23-34(46)41-37-21-26-19-31(13-14-32(26)44)48-24-25-5-2-1-3-6-25;;/h1-14,19-21,44H,15-18,22-24H2,(H,38,45)(H,41,46)(H2,39,40,47);2*1H/b37-21+;;. The van der Waals surface area contributed by atoms with E-state index in [0.29, 0.717) is 66.2 Å². The van der Waals surface area contributed by atoms with Crippen molar-refractivity contribution in [3.63, 3.8) is 0 Å². The number of amides is 4. The van der Waals surface area contributed by atoms with Crippen LogP contribution in [0.2, 0.25) is 5.02 Å². The van der Waals surface area contributed by atoms with E-state index in [-0.39, 0.29) is 55.5 Å². The Kier molecular flexibility index (Phi) is 15.8. The minimum atomic E-state index is -0.412. The zero-order chi connectivity index (χ0) is 33.7. The van der Waals surface area contributed by atoms with Crippen molar-refractivity contribution in [2.45, 2.75) is 6.61 Å². The van der Waals surface area contributed by atoms with Gasteiger partial charge >= 0.3 is 6.03 Å². The summed E-state index contributed by atoms with van der Waals surface area (Å²) >= 11 is 5.95. The maximum absolute atomic E-state index is 12.7. The average Bonchev–Trinajstić information content (AvgIpc) is 3.07. The van der Waals surface area contributed by atoms with Crippen LogP contribution in [-0.2, 0) is 16.2 Å². The first-order valence-corrected chi connectivity index (χ1v) is 15.7. The third kappa shape index (κ3) is 12.9. The Morgan fingerprint density at radius 3 is 2.02 bits per heavy atom. The fraction of sp³-hybridized carbons (Fsp3) is 0.200. The van der Waals surface area contributed by atoms with Crippen LogP contribution in [0.4, 0.5) is 21.9 Å². The van der Waals surface area contributed by atoms with E-state index < -0.39 is 6.03 Å². The largest absolute Gasteiger partial charge is 0.507 e. The van der Waals surface area contributed by atoms with E-state index in [1.54, 1.807) is 60.7 Å². The normalized spacial score (nSPS) is 13.0. The van der Waals surface area contributed by atoms with Gasteiger partial charge < -0.3 is 25.8 Å². The van der Waals surface area contributed by atoms with Crippen LogP contribution in [0.5, 0.6) is 11.5 Å². The van der Waals surface area contributed by atoms with Gasteiger partial charge in [-0.2, -0.15) is 5.10 Å². The van der Waals surface area contributed by atoms with Crippen molar-refractivity contribution in [1.29, 1.82) is 0 Å². The first-order valence-electron chi connectivity index (χ1n) is 15.3. The van der Waals surface area contributed by atoms with Crippen LogP contribution < -0.4 is 26.1 Å². The van der Waals surface area contributed by atoms with Crippen molar-refractivity contribution in [2.24, 2.45) is 5.10 Å². The number of anilines is 3. The van der Waals surface area contributed by atoms with Gasteiger partial charge in [-0.1, -0.05) is 48.0 Å². The fourth-order valence-electron chi connectivity index (χ4n) is 4.88. The molecule has 0 aliphatic carbocycles. The van der Waals surface area contributed by atoms with Crippen LogP contribution in [0.15, 0.2) is 102 Å². The molecule has 50 heavy (non-hydrogen) atoms. The molecule has 0 saturated carbocycles. The molecular formula is C35H38Cl3N7O5. The molecular weight excluding hydrogens is 705 g/mol. The predicted molar refractivity (Wildman–Crippen MR) is 201 cm³/mol. The molecule has 0 radical (unpaired) electrons. The van der Waals surface area contributed by atoms with Crippen molar-refractivity contribution in [3.05, 3.63) is 113 Å². The molecule has 5 N–H and O–H groups in total. The summed E-state index contributed by atoms with van der Waals surface area (Å²) in [4.78, 5) is 41.4. The van der Waals surface area contributed by atoms with Crippen LogP contribution in [0.1, 0.15) is 11.1 Å². The quantitative estimate of drug-likeness (QED) is 0.0909. The Morgan fingerprint density at radius 2 is 1.36 bits per heavy atom. The van der Waals surface area contributed by atoms with E-state index in [9.17, 15) is 19.5 Å². The van der Waals surface area contributed by atoms with Gasteiger partial charge in [0.15, 0.2) is 0 Å². The number of rotatable bonds is 12.